The normalized spacial score (nSPS) is 21.8. The highest BCUT2D eigenvalue weighted by molar-refractivity contribution is 5.85. The maximum Gasteiger partial charge on any atom is 0.407 e. The first-order valence-corrected chi connectivity index (χ1v) is 15.9. The van der Waals surface area contributed by atoms with Gasteiger partial charge in [-0.15, -0.1) is 0 Å². The lowest BCUT2D eigenvalue weighted by Gasteiger charge is -2.38. The predicted molar refractivity (Wildman–Crippen MR) is 173 cm³/mol. The van der Waals surface area contributed by atoms with Crippen molar-refractivity contribution in [3.05, 3.63) is 72.6 Å². The summed E-state index contributed by atoms with van der Waals surface area (Å²) in [5.41, 5.74) is 3.58. The fourth-order valence-corrected chi connectivity index (χ4v) is 6.22. The van der Waals surface area contributed by atoms with Gasteiger partial charge in [-0.3, -0.25) is 9.69 Å². The van der Waals surface area contributed by atoms with Crippen LogP contribution in [-0.2, 0) is 9.53 Å². The van der Waals surface area contributed by atoms with Gasteiger partial charge in [0.2, 0.25) is 0 Å². The Kier molecular flexibility index (Phi) is 8.41. The van der Waals surface area contributed by atoms with Gasteiger partial charge in [0, 0.05) is 36.5 Å². The van der Waals surface area contributed by atoms with E-state index >= 15 is 0 Å². The molecule has 0 bridgehead atoms. The molecule has 2 unspecified atom stereocenters. The number of rotatable bonds is 7. The molecule has 6 rings (SSSR count). The van der Waals surface area contributed by atoms with E-state index in [1.165, 1.54) is 4.90 Å². The molecule has 0 radical (unpaired) electrons. The summed E-state index contributed by atoms with van der Waals surface area (Å²) in [5.74, 6) is -2.13. The van der Waals surface area contributed by atoms with E-state index in [0.717, 1.165) is 40.8 Å². The third-order valence-electron chi connectivity index (χ3n) is 9.17. The number of nitrogens with one attached hydrogen (secondary N) is 3. The molecule has 2 aromatic carbocycles. The number of H-pyrrole nitrogens is 2. The van der Waals surface area contributed by atoms with E-state index < -0.39 is 48.0 Å². The van der Waals surface area contributed by atoms with Crippen molar-refractivity contribution in [1.29, 1.82) is 0 Å². The summed E-state index contributed by atoms with van der Waals surface area (Å²) in [4.78, 5) is 42.1. The van der Waals surface area contributed by atoms with E-state index in [9.17, 15) is 23.5 Å². The Hall–Kier alpha value is -4.58. The van der Waals surface area contributed by atoms with E-state index in [0.29, 0.717) is 23.9 Å². The lowest BCUT2D eigenvalue weighted by molar-refractivity contribution is -0.190. The highest BCUT2D eigenvalue weighted by atomic mass is 19.3. The molecule has 47 heavy (non-hydrogen) atoms. The van der Waals surface area contributed by atoms with Crippen LogP contribution in [0.15, 0.2) is 60.9 Å². The summed E-state index contributed by atoms with van der Waals surface area (Å²) < 4.78 is 32.7. The molecule has 0 aliphatic carbocycles. The molecule has 4 N–H and O–H groups in total. The van der Waals surface area contributed by atoms with Crippen LogP contribution in [0, 0.1) is 5.41 Å². The van der Waals surface area contributed by atoms with Crippen LogP contribution in [0.1, 0.15) is 77.1 Å². The molecule has 0 saturated carbocycles. The van der Waals surface area contributed by atoms with Crippen molar-refractivity contribution in [2.45, 2.75) is 77.0 Å². The topological polar surface area (TPSA) is 136 Å². The number of hydrogen-bond donors (Lipinski definition) is 4. The summed E-state index contributed by atoms with van der Waals surface area (Å²) in [6.45, 7) is 7.23. The minimum absolute atomic E-state index is 0.0704. The van der Waals surface area contributed by atoms with Crippen molar-refractivity contribution in [2.75, 3.05) is 13.2 Å². The number of nitrogens with zero attached hydrogens (tertiary/aromatic N) is 3. The van der Waals surface area contributed by atoms with Crippen LogP contribution in [0.4, 0.5) is 13.6 Å². The Balaban J connectivity index is 1.13. The maximum absolute atomic E-state index is 13.7. The van der Waals surface area contributed by atoms with E-state index in [1.807, 2.05) is 75.5 Å². The zero-order valence-electron chi connectivity index (χ0n) is 26.9. The number of carbonyl (C=O) groups is 2. The highest BCUT2D eigenvalue weighted by Gasteiger charge is 2.47. The molecule has 2 fully saturated rings. The number of aromatic amines is 2. The number of halogens is 2. The van der Waals surface area contributed by atoms with Gasteiger partial charge in [-0.25, -0.2) is 23.5 Å². The Bertz CT molecular complexity index is 1730. The lowest BCUT2D eigenvalue weighted by atomic mass is 9.85. The van der Waals surface area contributed by atoms with Crippen LogP contribution in [0.25, 0.3) is 33.6 Å². The number of amides is 2. The Morgan fingerprint density at radius 3 is 2.09 bits per heavy atom. The van der Waals surface area contributed by atoms with Crippen molar-refractivity contribution >= 4 is 12.0 Å². The van der Waals surface area contributed by atoms with E-state index in [4.69, 9.17) is 14.7 Å². The average molecular weight is 647 g/mol. The van der Waals surface area contributed by atoms with Crippen molar-refractivity contribution in [3.8, 4) is 33.6 Å². The number of carboxylic acid groups (broad SMARTS) is 1. The van der Waals surface area contributed by atoms with Gasteiger partial charge >= 0.3 is 6.09 Å². The van der Waals surface area contributed by atoms with Crippen LogP contribution in [0.2, 0.25) is 0 Å². The maximum atomic E-state index is 13.7. The molecule has 3 atom stereocenters. The summed E-state index contributed by atoms with van der Waals surface area (Å²) in [7, 11) is 0. The average Bonchev–Trinajstić information content (AvgIpc) is 3.82. The summed E-state index contributed by atoms with van der Waals surface area (Å²) in [6, 6.07) is 15.3. The molecular weight excluding hydrogens is 606 g/mol. The molecule has 2 aliphatic heterocycles. The van der Waals surface area contributed by atoms with Crippen LogP contribution in [0.3, 0.4) is 0 Å². The zero-order chi connectivity index (χ0) is 33.6. The molecule has 12 heteroatoms. The highest BCUT2D eigenvalue weighted by Crippen LogP contribution is 2.38. The van der Waals surface area contributed by atoms with Crippen molar-refractivity contribution in [2.24, 2.45) is 5.41 Å². The van der Waals surface area contributed by atoms with E-state index in [1.54, 1.807) is 13.1 Å². The minimum Gasteiger partial charge on any atom is -0.465 e. The fraction of sp³-hybridized carbons (Fsp3) is 0.429. The van der Waals surface area contributed by atoms with Crippen LogP contribution >= 0.6 is 0 Å². The van der Waals surface area contributed by atoms with Crippen LogP contribution < -0.4 is 5.32 Å². The first-order chi connectivity index (χ1) is 22.2. The fourth-order valence-electron chi connectivity index (χ4n) is 6.22. The van der Waals surface area contributed by atoms with Gasteiger partial charge in [-0.05, 0) is 42.7 Å². The molecule has 4 heterocycles. The number of ether oxygens (including phenoxy) is 1. The zero-order valence-corrected chi connectivity index (χ0v) is 26.9. The van der Waals surface area contributed by atoms with Crippen LogP contribution in [0.5, 0.6) is 0 Å². The molecule has 2 aliphatic rings. The molecule has 10 nitrogen and oxygen atoms in total. The second kappa shape index (κ2) is 12.2. The monoisotopic (exact) mass is 646 g/mol. The number of benzene rings is 2. The first kappa shape index (κ1) is 32.4. The quantitative estimate of drug-likeness (QED) is 0.166. The SMILES string of the molecule is CC1(C(=O)N[C@H](c2nc(-c3ccc(-c4ccc(-c5c[nH]c(C6CCCN6C(=O)O)n5)cc4)cc3)c[nH]2)C(C)(C)C)CCC(F)(F)CO1. The smallest absolute Gasteiger partial charge is 0.407 e. The van der Waals surface area contributed by atoms with Crippen molar-refractivity contribution < 1.29 is 28.2 Å². The molecule has 2 saturated heterocycles. The second-order valence-electron chi connectivity index (χ2n) is 13.8. The van der Waals surface area contributed by atoms with Gasteiger partial charge < -0.3 is 25.1 Å². The minimum atomic E-state index is -2.92. The summed E-state index contributed by atoms with van der Waals surface area (Å²) >= 11 is 0. The summed E-state index contributed by atoms with van der Waals surface area (Å²) in [5, 5.41) is 12.5. The Morgan fingerprint density at radius 1 is 0.957 bits per heavy atom. The lowest BCUT2D eigenvalue weighted by Crippen LogP contribution is -2.54. The molecule has 248 valence electrons. The number of alkyl halides is 2. The van der Waals surface area contributed by atoms with Gasteiger partial charge in [-0.1, -0.05) is 69.3 Å². The molecule has 2 amide bonds. The Labute approximate surface area is 272 Å². The number of aromatic nitrogens is 4. The van der Waals surface area contributed by atoms with Crippen molar-refractivity contribution in [3.63, 3.8) is 0 Å². The third-order valence-corrected chi connectivity index (χ3v) is 9.17. The van der Waals surface area contributed by atoms with E-state index in [-0.39, 0.29) is 12.5 Å². The number of imidazole rings is 2. The number of hydrogen-bond acceptors (Lipinski definition) is 5. The predicted octanol–water partition coefficient (Wildman–Crippen LogP) is 7.36. The second-order valence-corrected chi connectivity index (χ2v) is 13.8. The Morgan fingerprint density at radius 2 is 1.53 bits per heavy atom. The van der Waals surface area contributed by atoms with Gasteiger partial charge in [0.05, 0.1) is 23.5 Å². The summed E-state index contributed by atoms with van der Waals surface area (Å²) in [6.07, 6.45) is 3.79. The van der Waals surface area contributed by atoms with Gasteiger partial charge in [0.15, 0.2) is 0 Å². The van der Waals surface area contributed by atoms with Crippen LogP contribution in [-0.4, -0.2) is 66.6 Å². The molecule has 2 aromatic heterocycles. The molecule has 4 aromatic rings. The number of likely N-dealkylation sites (tertiary alicyclic amines) is 1. The standard InChI is InChI=1S/C35H40F2N6O4/c1-33(2,3)28(42-31(44)34(4)15-16-35(36,37)20-47-34)30-39-19-26(41-30)24-13-9-22(10-14-24)21-7-11-23(12-8-21)25-18-38-29(40-25)27-6-5-17-43(27)32(45)46/h7-14,18-19,27-28H,5-6,15-17,20H2,1-4H3,(H,38,40)(H,39,41)(H,42,44)(H,45,46)/t27?,28-,34?/m1/s1. The van der Waals surface area contributed by atoms with Gasteiger partial charge in [-0.2, -0.15) is 0 Å². The number of carbonyl (C=O) groups excluding carboxylic acids is 1. The van der Waals surface area contributed by atoms with E-state index in [2.05, 4.69) is 15.3 Å². The van der Waals surface area contributed by atoms with Crippen molar-refractivity contribution in [1.82, 2.24) is 30.2 Å². The third kappa shape index (κ3) is 6.78. The molecule has 0 spiro atoms. The molecular formula is C35H40F2N6O4. The largest absolute Gasteiger partial charge is 0.465 e. The first-order valence-electron chi connectivity index (χ1n) is 15.9. The van der Waals surface area contributed by atoms with Gasteiger partial charge in [0.25, 0.3) is 11.8 Å². The van der Waals surface area contributed by atoms with Gasteiger partial charge in [0.1, 0.15) is 23.9 Å².